The van der Waals surface area contributed by atoms with Gasteiger partial charge in [-0.15, -0.1) is 0 Å². The van der Waals surface area contributed by atoms with E-state index in [4.69, 9.17) is 18.6 Å². The second-order valence-corrected chi connectivity index (χ2v) is 9.86. The zero-order chi connectivity index (χ0) is 29.4. The molecule has 1 fully saturated rings. The van der Waals surface area contributed by atoms with Crippen LogP contribution < -0.4 is 14.9 Å². The molecule has 0 aliphatic carbocycles. The van der Waals surface area contributed by atoms with Crippen molar-refractivity contribution in [1.29, 1.82) is 0 Å². The molecule has 0 amide bonds. The first-order valence-electron chi connectivity index (χ1n) is 13.6. The first kappa shape index (κ1) is 30.3. The number of fused-ring (bicyclic) bond motifs is 1. The quantitative estimate of drug-likeness (QED) is 0.223. The summed E-state index contributed by atoms with van der Waals surface area (Å²) in [6.45, 7) is 6.65. The summed E-state index contributed by atoms with van der Waals surface area (Å²) in [5, 5.41) is 0.287. The Labute approximate surface area is 235 Å². The zero-order valence-corrected chi connectivity index (χ0v) is 23.2. The van der Waals surface area contributed by atoms with E-state index < -0.39 is 17.7 Å². The van der Waals surface area contributed by atoms with Crippen LogP contribution in [0.1, 0.15) is 47.9 Å². The molecule has 2 aromatic heterocycles. The lowest BCUT2D eigenvalue weighted by molar-refractivity contribution is -0.137. The fourth-order valence-corrected chi connectivity index (χ4v) is 4.44. The summed E-state index contributed by atoms with van der Waals surface area (Å²) in [6, 6.07) is 4.57. The van der Waals surface area contributed by atoms with Crippen LogP contribution in [0.5, 0.6) is 11.5 Å². The number of unbranched alkanes of at least 4 members (excludes halogenated alkanes) is 2. The summed E-state index contributed by atoms with van der Waals surface area (Å²) in [4.78, 5) is 33.4. The lowest BCUT2D eigenvalue weighted by atomic mass is 10.1. The van der Waals surface area contributed by atoms with Crippen molar-refractivity contribution in [2.24, 2.45) is 0 Å². The maximum atomic E-state index is 13.2. The molecule has 0 N–H and O–H groups in total. The van der Waals surface area contributed by atoms with Crippen LogP contribution in [0.15, 0.2) is 45.9 Å². The van der Waals surface area contributed by atoms with Gasteiger partial charge in [0.1, 0.15) is 23.3 Å². The molecule has 0 unspecified atom stereocenters. The van der Waals surface area contributed by atoms with Crippen molar-refractivity contribution >= 4 is 16.9 Å². The van der Waals surface area contributed by atoms with E-state index in [0.717, 1.165) is 38.3 Å². The van der Waals surface area contributed by atoms with Crippen LogP contribution in [0.4, 0.5) is 13.2 Å². The van der Waals surface area contributed by atoms with E-state index >= 15 is 0 Å². The molecule has 222 valence electrons. The smallest absolute Gasteiger partial charge is 0.416 e. The summed E-state index contributed by atoms with van der Waals surface area (Å²) in [5.74, 6) is 0.222. The van der Waals surface area contributed by atoms with Gasteiger partial charge in [0.25, 0.3) is 0 Å². The van der Waals surface area contributed by atoms with Gasteiger partial charge in [-0.2, -0.15) is 13.2 Å². The van der Waals surface area contributed by atoms with Gasteiger partial charge in [0, 0.05) is 43.8 Å². The minimum Gasteiger partial charge on any atom is -0.492 e. The van der Waals surface area contributed by atoms with Crippen LogP contribution in [-0.4, -0.2) is 73.8 Å². The largest absolute Gasteiger partial charge is 0.492 e. The average Bonchev–Trinajstić information content (AvgIpc) is 2.94. The Kier molecular flexibility index (Phi) is 10.2. The van der Waals surface area contributed by atoms with E-state index in [1.807, 2.05) is 0 Å². The second-order valence-electron chi connectivity index (χ2n) is 9.86. The minimum absolute atomic E-state index is 0.0465. The van der Waals surface area contributed by atoms with Crippen LogP contribution in [0.25, 0.3) is 10.9 Å². The number of hydrogen-bond donors (Lipinski definition) is 0. The van der Waals surface area contributed by atoms with E-state index in [9.17, 15) is 22.8 Å². The lowest BCUT2D eigenvalue weighted by Crippen LogP contribution is -2.43. The van der Waals surface area contributed by atoms with E-state index in [0.29, 0.717) is 38.2 Å². The number of hydrogen-bond acceptors (Lipinski definition) is 9. The van der Waals surface area contributed by atoms with E-state index in [-0.39, 0.29) is 46.6 Å². The molecule has 0 atom stereocenters. The number of aromatic nitrogens is 1. The number of carbonyl (C=O) groups excluding carboxylic acids is 1. The molecule has 0 bridgehead atoms. The maximum Gasteiger partial charge on any atom is 0.416 e. The van der Waals surface area contributed by atoms with Crippen molar-refractivity contribution in [3.05, 3.63) is 63.8 Å². The molecule has 0 saturated carbocycles. The molecular formula is C29H34F3N3O6. The standard InChI is InChI=1S/C29H34F3N3O6/c1-3-38-28(37)23-17-33-24-15-20(29(30,31)32)7-8-22(24)27(23)40-14-6-4-5-13-39-26-19-41-21(16-25(26)36)18-35-11-9-34(2)10-12-35/h7-8,15-17,19H,3-6,9-14,18H2,1-2H3. The highest BCUT2D eigenvalue weighted by Crippen LogP contribution is 2.35. The van der Waals surface area contributed by atoms with Gasteiger partial charge in [-0.05, 0) is 51.4 Å². The Morgan fingerprint density at radius 3 is 2.46 bits per heavy atom. The predicted molar refractivity (Wildman–Crippen MR) is 145 cm³/mol. The molecule has 1 aromatic carbocycles. The molecule has 3 heterocycles. The summed E-state index contributed by atoms with van der Waals surface area (Å²) in [5.41, 5.74) is -0.964. The van der Waals surface area contributed by atoms with E-state index in [2.05, 4.69) is 21.8 Å². The number of nitrogens with zero attached hydrogens (tertiary/aromatic N) is 3. The summed E-state index contributed by atoms with van der Waals surface area (Å²) in [6.07, 6.45) is -0.107. The normalized spacial score (nSPS) is 14.8. The minimum atomic E-state index is -4.52. The summed E-state index contributed by atoms with van der Waals surface area (Å²) >= 11 is 0. The third kappa shape index (κ3) is 8.20. The number of benzene rings is 1. The van der Waals surface area contributed by atoms with Gasteiger partial charge >= 0.3 is 12.1 Å². The fourth-order valence-electron chi connectivity index (χ4n) is 4.44. The Bertz CT molecular complexity index is 1390. The summed E-state index contributed by atoms with van der Waals surface area (Å²) in [7, 11) is 2.08. The van der Waals surface area contributed by atoms with Crippen LogP contribution in [-0.2, 0) is 17.5 Å². The first-order chi connectivity index (χ1) is 19.7. The molecule has 4 rings (SSSR count). The second kappa shape index (κ2) is 13.8. The zero-order valence-electron chi connectivity index (χ0n) is 23.2. The number of carbonyl (C=O) groups is 1. The third-order valence-electron chi connectivity index (χ3n) is 6.76. The van der Waals surface area contributed by atoms with Gasteiger partial charge in [0.15, 0.2) is 0 Å². The first-order valence-corrected chi connectivity index (χ1v) is 13.6. The number of alkyl halides is 3. The number of esters is 1. The van der Waals surface area contributed by atoms with Crippen molar-refractivity contribution in [3.63, 3.8) is 0 Å². The lowest BCUT2D eigenvalue weighted by Gasteiger charge is -2.31. The fraction of sp³-hybridized carbons (Fsp3) is 0.483. The number of likely N-dealkylation sites (N-methyl/N-ethyl adjacent to an activating group) is 1. The molecular weight excluding hydrogens is 543 g/mol. The number of ether oxygens (including phenoxy) is 3. The van der Waals surface area contributed by atoms with Gasteiger partial charge in [0.2, 0.25) is 11.2 Å². The van der Waals surface area contributed by atoms with Crippen molar-refractivity contribution < 1.29 is 36.6 Å². The van der Waals surface area contributed by atoms with Gasteiger partial charge in [-0.1, -0.05) is 0 Å². The molecule has 9 nitrogen and oxygen atoms in total. The van der Waals surface area contributed by atoms with Crippen LogP contribution in [0.2, 0.25) is 0 Å². The molecule has 1 aliphatic heterocycles. The van der Waals surface area contributed by atoms with Crippen LogP contribution >= 0.6 is 0 Å². The Balaban J connectivity index is 1.27. The highest BCUT2D eigenvalue weighted by atomic mass is 19.4. The van der Waals surface area contributed by atoms with E-state index in [1.54, 1.807) is 6.92 Å². The van der Waals surface area contributed by atoms with Crippen molar-refractivity contribution in [3.8, 4) is 11.5 Å². The predicted octanol–water partition coefficient (Wildman–Crippen LogP) is 4.76. The van der Waals surface area contributed by atoms with Crippen molar-refractivity contribution in [1.82, 2.24) is 14.8 Å². The van der Waals surface area contributed by atoms with Gasteiger partial charge in [-0.3, -0.25) is 14.7 Å². The number of halogens is 3. The highest BCUT2D eigenvalue weighted by Gasteiger charge is 2.31. The SMILES string of the molecule is CCOC(=O)c1cnc2cc(C(F)(F)F)ccc2c1OCCCCCOc1coc(CN2CCN(C)CC2)cc1=O. The monoisotopic (exact) mass is 577 g/mol. The van der Waals surface area contributed by atoms with Crippen LogP contribution in [0, 0.1) is 0 Å². The molecule has 41 heavy (non-hydrogen) atoms. The molecule has 12 heteroatoms. The summed E-state index contributed by atoms with van der Waals surface area (Å²) < 4.78 is 61.6. The third-order valence-corrected chi connectivity index (χ3v) is 6.76. The van der Waals surface area contributed by atoms with Gasteiger partial charge in [0.05, 0.1) is 37.4 Å². The van der Waals surface area contributed by atoms with Crippen LogP contribution in [0.3, 0.4) is 0 Å². The van der Waals surface area contributed by atoms with Gasteiger partial charge < -0.3 is 23.5 Å². The Hall–Kier alpha value is -3.64. The molecule has 0 radical (unpaired) electrons. The Morgan fingerprint density at radius 1 is 1.05 bits per heavy atom. The Morgan fingerprint density at radius 2 is 1.78 bits per heavy atom. The molecule has 1 aliphatic rings. The topological polar surface area (TPSA) is 94.3 Å². The molecule has 0 spiro atoms. The number of rotatable bonds is 12. The highest BCUT2D eigenvalue weighted by molar-refractivity contribution is 5.99. The number of pyridine rings is 1. The molecule has 3 aromatic rings. The van der Waals surface area contributed by atoms with Crippen molar-refractivity contribution in [2.45, 2.75) is 38.9 Å². The molecule has 1 saturated heterocycles. The average molecular weight is 578 g/mol. The maximum absolute atomic E-state index is 13.2. The van der Waals surface area contributed by atoms with Gasteiger partial charge in [-0.25, -0.2) is 4.79 Å². The van der Waals surface area contributed by atoms with E-state index in [1.165, 1.54) is 24.6 Å². The van der Waals surface area contributed by atoms with Crippen molar-refractivity contribution in [2.75, 3.05) is 53.0 Å². The number of piperazine rings is 1.